The van der Waals surface area contributed by atoms with Gasteiger partial charge in [-0.3, -0.25) is 14.4 Å². The van der Waals surface area contributed by atoms with Crippen molar-refractivity contribution < 1.29 is 14.4 Å². The number of amides is 2. The van der Waals surface area contributed by atoms with Crippen LogP contribution in [0.25, 0.3) is 0 Å². The van der Waals surface area contributed by atoms with E-state index in [0.717, 1.165) is 0 Å². The molecule has 0 unspecified atom stereocenters. The number of thioether (sulfide) groups is 1. The van der Waals surface area contributed by atoms with Gasteiger partial charge >= 0.3 is 0 Å². The Bertz CT molecular complexity index is 504. The molecule has 20 heavy (non-hydrogen) atoms. The molecule has 0 saturated carbocycles. The lowest BCUT2D eigenvalue weighted by atomic mass is 10.1. The molecule has 0 radical (unpaired) electrons. The summed E-state index contributed by atoms with van der Waals surface area (Å²) in [5.74, 6) is 0.118. The molecule has 108 valence electrons. The highest BCUT2D eigenvalue weighted by molar-refractivity contribution is 8.00. The molecule has 0 aromatic heterocycles. The SMILES string of the molecule is CONC(=O)[C@H]1CSC(C)(C)N1C(=O)c1ccccc1. The maximum atomic E-state index is 12.7. The van der Waals surface area contributed by atoms with Crippen molar-refractivity contribution in [3.63, 3.8) is 0 Å². The monoisotopic (exact) mass is 294 g/mol. The van der Waals surface area contributed by atoms with E-state index in [0.29, 0.717) is 11.3 Å². The Balaban J connectivity index is 2.29. The van der Waals surface area contributed by atoms with E-state index >= 15 is 0 Å². The zero-order valence-electron chi connectivity index (χ0n) is 11.8. The van der Waals surface area contributed by atoms with Gasteiger partial charge in [0.2, 0.25) is 0 Å². The van der Waals surface area contributed by atoms with Crippen LogP contribution in [0.15, 0.2) is 30.3 Å². The maximum Gasteiger partial charge on any atom is 0.267 e. The molecule has 1 heterocycles. The number of hydrogen-bond acceptors (Lipinski definition) is 4. The molecule has 1 aliphatic rings. The molecule has 5 nitrogen and oxygen atoms in total. The van der Waals surface area contributed by atoms with Crippen molar-refractivity contribution in [2.24, 2.45) is 0 Å². The number of nitrogens with zero attached hydrogens (tertiary/aromatic N) is 1. The van der Waals surface area contributed by atoms with Crippen LogP contribution in [0.5, 0.6) is 0 Å². The minimum Gasteiger partial charge on any atom is -0.312 e. The fraction of sp³-hybridized carbons (Fsp3) is 0.429. The van der Waals surface area contributed by atoms with Crippen LogP contribution in [0.3, 0.4) is 0 Å². The van der Waals surface area contributed by atoms with E-state index in [2.05, 4.69) is 10.3 Å². The number of benzene rings is 1. The highest BCUT2D eigenvalue weighted by Crippen LogP contribution is 2.39. The second kappa shape index (κ2) is 5.85. The summed E-state index contributed by atoms with van der Waals surface area (Å²) >= 11 is 1.58. The van der Waals surface area contributed by atoms with E-state index in [1.54, 1.807) is 28.8 Å². The minimum absolute atomic E-state index is 0.142. The lowest BCUT2D eigenvalue weighted by molar-refractivity contribution is -0.135. The predicted molar refractivity (Wildman–Crippen MR) is 78.1 cm³/mol. The summed E-state index contributed by atoms with van der Waals surface area (Å²) in [6.07, 6.45) is 0. The Labute approximate surface area is 122 Å². The third-order valence-electron chi connectivity index (χ3n) is 3.23. The van der Waals surface area contributed by atoms with Gasteiger partial charge in [0.15, 0.2) is 0 Å². The molecule has 2 rings (SSSR count). The van der Waals surface area contributed by atoms with E-state index in [1.165, 1.54) is 7.11 Å². The van der Waals surface area contributed by atoms with Gasteiger partial charge in [-0.2, -0.15) is 0 Å². The Morgan fingerprint density at radius 1 is 1.35 bits per heavy atom. The fourth-order valence-corrected chi connectivity index (χ4v) is 3.49. The summed E-state index contributed by atoms with van der Waals surface area (Å²) in [7, 11) is 1.38. The topological polar surface area (TPSA) is 58.6 Å². The largest absolute Gasteiger partial charge is 0.312 e. The molecule has 1 saturated heterocycles. The zero-order valence-corrected chi connectivity index (χ0v) is 12.6. The van der Waals surface area contributed by atoms with E-state index in [-0.39, 0.29) is 11.8 Å². The molecule has 1 fully saturated rings. The van der Waals surface area contributed by atoms with Crippen LogP contribution in [-0.4, -0.2) is 40.5 Å². The first kappa shape index (κ1) is 14.9. The van der Waals surface area contributed by atoms with E-state index in [4.69, 9.17) is 0 Å². The number of hydrogen-bond donors (Lipinski definition) is 1. The zero-order chi connectivity index (χ0) is 14.8. The van der Waals surface area contributed by atoms with Crippen LogP contribution in [-0.2, 0) is 9.63 Å². The number of carbonyl (C=O) groups is 2. The van der Waals surface area contributed by atoms with Gasteiger partial charge in [0.25, 0.3) is 11.8 Å². The van der Waals surface area contributed by atoms with Gasteiger partial charge in [0.05, 0.1) is 12.0 Å². The molecule has 1 atom stereocenters. The highest BCUT2D eigenvalue weighted by atomic mass is 32.2. The Morgan fingerprint density at radius 2 is 2.00 bits per heavy atom. The van der Waals surface area contributed by atoms with Crippen molar-refractivity contribution in [2.75, 3.05) is 12.9 Å². The summed E-state index contributed by atoms with van der Waals surface area (Å²) in [5.41, 5.74) is 2.90. The smallest absolute Gasteiger partial charge is 0.267 e. The molecular weight excluding hydrogens is 276 g/mol. The lowest BCUT2D eigenvalue weighted by Crippen LogP contribution is -2.52. The molecule has 2 amide bonds. The molecule has 1 aromatic carbocycles. The number of rotatable bonds is 3. The van der Waals surface area contributed by atoms with Crippen LogP contribution >= 0.6 is 11.8 Å². The van der Waals surface area contributed by atoms with Gasteiger partial charge in [-0.1, -0.05) is 18.2 Å². The number of carbonyl (C=O) groups excluding carboxylic acids is 2. The molecule has 1 aliphatic heterocycles. The second-order valence-corrected chi connectivity index (χ2v) is 6.61. The van der Waals surface area contributed by atoms with Gasteiger partial charge in [-0.05, 0) is 26.0 Å². The van der Waals surface area contributed by atoms with Crippen LogP contribution < -0.4 is 5.48 Å². The number of nitrogens with one attached hydrogen (secondary N) is 1. The van der Waals surface area contributed by atoms with Crippen molar-refractivity contribution in [1.29, 1.82) is 0 Å². The number of hydroxylamine groups is 1. The molecule has 1 N–H and O–H groups in total. The first-order valence-corrected chi connectivity index (χ1v) is 7.31. The fourth-order valence-electron chi connectivity index (χ4n) is 2.27. The van der Waals surface area contributed by atoms with Crippen LogP contribution in [0.4, 0.5) is 0 Å². The molecular formula is C14H18N2O3S. The van der Waals surface area contributed by atoms with E-state index < -0.39 is 10.9 Å². The Hall–Kier alpha value is -1.53. The van der Waals surface area contributed by atoms with Gasteiger partial charge in [0.1, 0.15) is 6.04 Å². The minimum atomic E-state index is -0.525. The molecule has 0 bridgehead atoms. The molecule has 0 spiro atoms. The first-order valence-electron chi connectivity index (χ1n) is 6.33. The average Bonchev–Trinajstić information content (AvgIpc) is 2.75. The Kier molecular flexibility index (Phi) is 4.35. The van der Waals surface area contributed by atoms with Crippen molar-refractivity contribution >= 4 is 23.6 Å². The van der Waals surface area contributed by atoms with Gasteiger partial charge < -0.3 is 4.90 Å². The lowest BCUT2D eigenvalue weighted by Gasteiger charge is -2.34. The predicted octanol–water partition coefficient (Wildman–Crippen LogP) is 1.66. The van der Waals surface area contributed by atoms with Crippen molar-refractivity contribution in [3.05, 3.63) is 35.9 Å². The first-order chi connectivity index (χ1) is 9.47. The van der Waals surface area contributed by atoms with E-state index in [1.807, 2.05) is 32.0 Å². The second-order valence-electron chi connectivity index (χ2n) is 4.99. The summed E-state index contributed by atoms with van der Waals surface area (Å²) in [4.78, 5) is 30.6. The molecule has 0 aliphatic carbocycles. The summed E-state index contributed by atoms with van der Waals surface area (Å²) in [5, 5.41) is 0. The van der Waals surface area contributed by atoms with Crippen molar-refractivity contribution in [2.45, 2.75) is 24.8 Å². The van der Waals surface area contributed by atoms with Gasteiger partial charge in [-0.15, -0.1) is 11.8 Å². The Morgan fingerprint density at radius 3 is 2.60 bits per heavy atom. The maximum absolute atomic E-state index is 12.7. The van der Waals surface area contributed by atoms with Crippen molar-refractivity contribution in [1.82, 2.24) is 10.4 Å². The van der Waals surface area contributed by atoms with E-state index in [9.17, 15) is 9.59 Å². The van der Waals surface area contributed by atoms with Crippen LogP contribution in [0.2, 0.25) is 0 Å². The standard InChI is InChI=1S/C14H18N2O3S/c1-14(2)16(11(9-20-14)12(17)15-19-3)13(18)10-7-5-4-6-8-10/h4-8,11H,9H2,1-3H3,(H,15,17)/t11-/m1/s1. The third-order valence-corrected chi connectivity index (χ3v) is 4.62. The van der Waals surface area contributed by atoms with Crippen molar-refractivity contribution in [3.8, 4) is 0 Å². The van der Waals surface area contributed by atoms with Crippen LogP contribution in [0.1, 0.15) is 24.2 Å². The van der Waals surface area contributed by atoms with Gasteiger partial charge in [-0.25, -0.2) is 5.48 Å². The normalized spacial score (nSPS) is 20.8. The average molecular weight is 294 g/mol. The summed E-state index contributed by atoms with van der Waals surface area (Å²) in [6, 6.07) is 8.47. The molecule has 1 aromatic rings. The van der Waals surface area contributed by atoms with Gasteiger partial charge in [0, 0.05) is 11.3 Å². The van der Waals surface area contributed by atoms with Crippen LogP contribution in [0, 0.1) is 0 Å². The summed E-state index contributed by atoms with van der Waals surface area (Å²) < 4.78 is 0. The molecule has 6 heteroatoms. The quantitative estimate of drug-likeness (QED) is 0.861. The highest BCUT2D eigenvalue weighted by Gasteiger charge is 2.46. The third kappa shape index (κ3) is 2.81. The summed E-state index contributed by atoms with van der Waals surface area (Å²) in [6.45, 7) is 3.89.